The minimum Gasteiger partial charge on any atom is -0.460 e. The van der Waals surface area contributed by atoms with Crippen molar-refractivity contribution in [1.82, 2.24) is 0 Å². The van der Waals surface area contributed by atoms with Crippen molar-refractivity contribution in [2.45, 2.75) is 13.3 Å². The summed E-state index contributed by atoms with van der Waals surface area (Å²) in [5, 5.41) is 0. The van der Waals surface area contributed by atoms with E-state index in [-0.39, 0.29) is 18.6 Å². The fraction of sp³-hybridized carbons (Fsp3) is 0.333. The maximum Gasteiger partial charge on any atom is 0.379 e. The van der Waals surface area contributed by atoms with E-state index in [2.05, 4.69) is 4.74 Å². The maximum absolute atomic E-state index is 12.1. The molecule has 1 rings (SSSR count). The Morgan fingerprint density at radius 2 is 2.12 bits per heavy atom. The predicted molar refractivity (Wildman–Crippen MR) is 57.1 cm³/mol. The Hall–Kier alpha value is -1.71. The molecule has 1 aromatic rings. The summed E-state index contributed by atoms with van der Waals surface area (Å²) in [5.74, 6) is -1.57. The molecule has 0 N–H and O–H groups in total. The van der Waals surface area contributed by atoms with Crippen LogP contribution < -0.4 is 0 Å². The van der Waals surface area contributed by atoms with Crippen LogP contribution in [-0.4, -0.2) is 25.0 Å². The monoisotopic (exact) mass is 224 g/mol. The number of carbonyl (C=O) groups is 2. The summed E-state index contributed by atoms with van der Waals surface area (Å²) >= 11 is 0. The van der Waals surface area contributed by atoms with Gasteiger partial charge in [-0.1, -0.05) is 18.2 Å². The lowest BCUT2D eigenvalue weighted by molar-refractivity contribution is -0.137. The van der Waals surface area contributed by atoms with E-state index >= 15 is 0 Å². The highest BCUT2D eigenvalue weighted by atomic mass is 19.1. The van der Waals surface area contributed by atoms with Crippen LogP contribution in [0, 0.1) is 0 Å². The van der Waals surface area contributed by atoms with E-state index in [4.69, 9.17) is 0 Å². The Morgan fingerprint density at radius 1 is 1.38 bits per heavy atom. The number of alkyl halides is 1. The molecule has 0 saturated heterocycles. The van der Waals surface area contributed by atoms with Crippen LogP contribution in [0.2, 0.25) is 0 Å². The average Bonchev–Trinajstić information content (AvgIpc) is 2.29. The number of halogens is 1. The molecule has 0 aliphatic rings. The first kappa shape index (κ1) is 12.4. The van der Waals surface area contributed by atoms with E-state index in [0.29, 0.717) is 5.56 Å². The van der Waals surface area contributed by atoms with Gasteiger partial charge in [0.1, 0.15) is 0 Å². The van der Waals surface area contributed by atoms with Crippen molar-refractivity contribution in [3.8, 4) is 0 Å². The van der Waals surface area contributed by atoms with Crippen LogP contribution in [0.5, 0.6) is 0 Å². The second-order valence-electron chi connectivity index (χ2n) is 3.19. The van der Waals surface area contributed by atoms with Gasteiger partial charge in [-0.15, -0.1) is 0 Å². The standard InChI is InChI=1S/C12H13FO3/c1-2-16-12(15)11(14)10-5-3-4-9(8-10)6-7-13/h3-5,8H,2,6-7H2,1H3. The molecular weight excluding hydrogens is 211 g/mol. The third kappa shape index (κ3) is 3.15. The first-order chi connectivity index (χ1) is 7.69. The van der Waals surface area contributed by atoms with Gasteiger partial charge in [0, 0.05) is 12.0 Å². The summed E-state index contributed by atoms with van der Waals surface area (Å²) < 4.78 is 16.7. The van der Waals surface area contributed by atoms with Gasteiger partial charge in [-0.2, -0.15) is 0 Å². The van der Waals surface area contributed by atoms with Crippen LogP contribution in [-0.2, 0) is 16.0 Å². The van der Waals surface area contributed by atoms with E-state index in [1.165, 1.54) is 12.1 Å². The van der Waals surface area contributed by atoms with Crippen molar-refractivity contribution in [3.05, 3.63) is 35.4 Å². The molecule has 0 atom stereocenters. The number of aryl methyl sites for hydroxylation is 1. The highest BCUT2D eigenvalue weighted by Crippen LogP contribution is 2.08. The second kappa shape index (κ2) is 6.00. The second-order valence-corrected chi connectivity index (χ2v) is 3.19. The van der Waals surface area contributed by atoms with Crippen LogP contribution in [0.4, 0.5) is 4.39 Å². The van der Waals surface area contributed by atoms with Gasteiger partial charge in [-0.3, -0.25) is 9.18 Å². The van der Waals surface area contributed by atoms with E-state index in [0.717, 1.165) is 0 Å². The molecule has 0 saturated carbocycles. The van der Waals surface area contributed by atoms with Crippen LogP contribution >= 0.6 is 0 Å². The summed E-state index contributed by atoms with van der Waals surface area (Å²) in [6.45, 7) is 1.30. The summed E-state index contributed by atoms with van der Waals surface area (Å²) in [4.78, 5) is 22.7. The lowest BCUT2D eigenvalue weighted by Crippen LogP contribution is -2.17. The first-order valence-electron chi connectivity index (χ1n) is 5.05. The third-order valence-electron chi connectivity index (χ3n) is 2.03. The van der Waals surface area contributed by atoms with Crippen molar-refractivity contribution in [2.24, 2.45) is 0 Å². The number of esters is 1. The number of ether oxygens (including phenoxy) is 1. The number of carbonyl (C=O) groups excluding carboxylic acids is 2. The van der Waals surface area contributed by atoms with Crippen molar-refractivity contribution in [3.63, 3.8) is 0 Å². The Labute approximate surface area is 93.2 Å². The SMILES string of the molecule is CCOC(=O)C(=O)c1cccc(CCF)c1. The maximum atomic E-state index is 12.1. The zero-order valence-electron chi connectivity index (χ0n) is 9.03. The Balaban J connectivity index is 2.83. The quantitative estimate of drug-likeness (QED) is 0.436. The number of Topliss-reactive ketones (excluding diaryl/α,β-unsaturated/α-hetero) is 1. The lowest BCUT2D eigenvalue weighted by atomic mass is 10.1. The topological polar surface area (TPSA) is 43.4 Å². The van der Waals surface area contributed by atoms with Crippen molar-refractivity contribution in [1.29, 1.82) is 0 Å². The first-order valence-corrected chi connectivity index (χ1v) is 5.05. The van der Waals surface area contributed by atoms with Crippen LogP contribution in [0.15, 0.2) is 24.3 Å². The van der Waals surface area contributed by atoms with Crippen LogP contribution in [0.3, 0.4) is 0 Å². The summed E-state index contributed by atoms with van der Waals surface area (Å²) in [7, 11) is 0. The highest BCUT2D eigenvalue weighted by Gasteiger charge is 2.17. The zero-order chi connectivity index (χ0) is 12.0. The molecule has 0 aromatic heterocycles. The number of rotatable bonds is 5. The summed E-state index contributed by atoms with van der Waals surface area (Å²) in [5.41, 5.74) is 0.932. The van der Waals surface area contributed by atoms with Gasteiger partial charge in [0.05, 0.1) is 13.3 Å². The number of benzene rings is 1. The Bertz CT molecular complexity index is 388. The van der Waals surface area contributed by atoms with Crippen LogP contribution in [0.25, 0.3) is 0 Å². The van der Waals surface area contributed by atoms with E-state index < -0.39 is 18.4 Å². The molecule has 0 heterocycles. The van der Waals surface area contributed by atoms with E-state index in [9.17, 15) is 14.0 Å². The molecule has 4 heteroatoms. The van der Waals surface area contributed by atoms with Gasteiger partial charge in [0.2, 0.25) is 0 Å². The van der Waals surface area contributed by atoms with Gasteiger partial charge in [0.15, 0.2) is 0 Å². The number of hydrogen-bond acceptors (Lipinski definition) is 3. The summed E-state index contributed by atoms with van der Waals surface area (Å²) in [6.07, 6.45) is 0.240. The minimum absolute atomic E-state index is 0.161. The molecule has 0 unspecified atom stereocenters. The molecule has 0 spiro atoms. The molecule has 0 amide bonds. The molecule has 86 valence electrons. The van der Waals surface area contributed by atoms with Gasteiger partial charge in [-0.25, -0.2) is 4.79 Å². The lowest BCUT2D eigenvalue weighted by Gasteiger charge is -2.03. The van der Waals surface area contributed by atoms with E-state index in [1.807, 2.05) is 0 Å². The zero-order valence-corrected chi connectivity index (χ0v) is 9.03. The normalized spacial score (nSPS) is 9.88. The molecule has 1 aromatic carbocycles. The fourth-order valence-electron chi connectivity index (χ4n) is 1.29. The molecule has 3 nitrogen and oxygen atoms in total. The van der Waals surface area contributed by atoms with Crippen molar-refractivity contribution < 1.29 is 18.7 Å². The smallest absolute Gasteiger partial charge is 0.379 e. The average molecular weight is 224 g/mol. The van der Waals surface area contributed by atoms with Crippen molar-refractivity contribution >= 4 is 11.8 Å². The van der Waals surface area contributed by atoms with Crippen molar-refractivity contribution in [2.75, 3.05) is 13.3 Å². The third-order valence-corrected chi connectivity index (χ3v) is 2.03. The van der Waals surface area contributed by atoms with Gasteiger partial charge < -0.3 is 4.74 Å². The Kier molecular flexibility index (Phi) is 4.64. The predicted octanol–water partition coefficient (Wildman–Crippen LogP) is 1.94. The number of hydrogen-bond donors (Lipinski definition) is 0. The fourth-order valence-corrected chi connectivity index (χ4v) is 1.29. The number of ketones is 1. The molecular formula is C12H13FO3. The molecule has 0 bridgehead atoms. The van der Waals surface area contributed by atoms with Crippen LogP contribution in [0.1, 0.15) is 22.8 Å². The minimum atomic E-state index is -0.875. The van der Waals surface area contributed by atoms with Gasteiger partial charge in [-0.05, 0) is 18.6 Å². The summed E-state index contributed by atoms with van der Waals surface area (Å²) in [6, 6.07) is 6.36. The largest absolute Gasteiger partial charge is 0.460 e. The molecule has 0 radical (unpaired) electrons. The molecule has 0 aliphatic heterocycles. The highest BCUT2D eigenvalue weighted by molar-refractivity contribution is 6.40. The molecule has 16 heavy (non-hydrogen) atoms. The van der Waals surface area contributed by atoms with E-state index in [1.54, 1.807) is 19.1 Å². The Morgan fingerprint density at radius 3 is 2.75 bits per heavy atom. The molecule has 0 aliphatic carbocycles. The van der Waals surface area contributed by atoms with Gasteiger partial charge in [0.25, 0.3) is 5.78 Å². The molecule has 0 fully saturated rings. The van der Waals surface area contributed by atoms with Gasteiger partial charge >= 0.3 is 5.97 Å².